The molecule has 1 atom stereocenters. The first kappa shape index (κ1) is 15.9. The third-order valence-electron chi connectivity index (χ3n) is 2.87. The van der Waals surface area contributed by atoms with Gasteiger partial charge in [-0.05, 0) is 19.1 Å². The van der Waals surface area contributed by atoms with Crippen LogP contribution in [-0.2, 0) is 6.42 Å². The third-order valence-corrected chi connectivity index (χ3v) is 3.81. The van der Waals surface area contributed by atoms with Crippen molar-refractivity contribution in [2.24, 2.45) is 0 Å². The Hall–Kier alpha value is -1.47. The van der Waals surface area contributed by atoms with E-state index in [1.165, 1.54) is 18.3 Å². The van der Waals surface area contributed by atoms with Crippen molar-refractivity contribution in [1.29, 1.82) is 0 Å². The highest BCUT2D eigenvalue weighted by Crippen LogP contribution is 2.23. The van der Waals surface area contributed by atoms with E-state index in [9.17, 15) is 13.2 Å². The number of aromatic nitrogens is 2. The molecule has 0 aromatic carbocycles. The van der Waals surface area contributed by atoms with E-state index in [0.29, 0.717) is 13.0 Å². The first-order chi connectivity index (χ1) is 9.94. The van der Waals surface area contributed by atoms with Crippen molar-refractivity contribution in [3.8, 4) is 10.6 Å². The molecule has 0 aliphatic carbocycles. The molecule has 0 bridgehead atoms. The molecule has 0 fully saturated rings. The molecule has 0 amide bonds. The van der Waals surface area contributed by atoms with Crippen molar-refractivity contribution in [3.63, 3.8) is 0 Å². The molecule has 0 spiro atoms. The number of thiazole rings is 1. The van der Waals surface area contributed by atoms with Crippen molar-refractivity contribution in [2.45, 2.75) is 32.0 Å². The molecule has 2 heterocycles. The van der Waals surface area contributed by atoms with Crippen LogP contribution in [0.5, 0.6) is 0 Å². The summed E-state index contributed by atoms with van der Waals surface area (Å²) in [5.74, 6) is 0. The van der Waals surface area contributed by atoms with Crippen molar-refractivity contribution in [2.75, 3.05) is 6.54 Å². The number of nitrogens with zero attached hydrogens (tertiary/aromatic N) is 2. The maximum atomic E-state index is 12.2. The Morgan fingerprint density at radius 2 is 2.19 bits per heavy atom. The summed E-state index contributed by atoms with van der Waals surface area (Å²) in [6.45, 7) is 2.02. The number of rotatable bonds is 6. The molecular formula is C14H16F3N3S. The topological polar surface area (TPSA) is 37.8 Å². The predicted molar refractivity (Wildman–Crippen MR) is 77.2 cm³/mol. The molecule has 2 rings (SSSR count). The zero-order valence-electron chi connectivity index (χ0n) is 11.5. The number of hydrogen-bond acceptors (Lipinski definition) is 4. The molecule has 1 unspecified atom stereocenters. The molecule has 0 aliphatic rings. The van der Waals surface area contributed by atoms with E-state index < -0.39 is 18.6 Å². The van der Waals surface area contributed by atoms with Gasteiger partial charge in [-0.15, -0.1) is 11.3 Å². The van der Waals surface area contributed by atoms with Gasteiger partial charge in [-0.1, -0.05) is 0 Å². The summed E-state index contributed by atoms with van der Waals surface area (Å²) in [4.78, 5) is 8.51. The Morgan fingerprint density at radius 3 is 2.86 bits per heavy atom. The largest absolute Gasteiger partial charge is 0.390 e. The fourth-order valence-electron chi connectivity index (χ4n) is 1.91. The van der Waals surface area contributed by atoms with Crippen LogP contribution in [0.1, 0.15) is 19.0 Å². The van der Waals surface area contributed by atoms with Gasteiger partial charge in [0.1, 0.15) is 5.01 Å². The number of halogens is 3. The molecule has 0 saturated carbocycles. The second-order valence-corrected chi connectivity index (χ2v) is 5.67. The Morgan fingerprint density at radius 1 is 1.38 bits per heavy atom. The highest BCUT2D eigenvalue weighted by molar-refractivity contribution is 7.13. The Kier molecular flexibility index (Phi) is 5.30. The Bertz CT molecular complexity index is 554. The van der Waals surface area contributed by atoms with Gasteiger partial charge in [-0.25, -0.2) is 4.98 Å². The van der Waals surface area contributed by atoms with E-state index in [1.807, 2.05) is 17.5 Å². The van der Waals surface area contributed by atoms with Crippen LogP contribution in [0.2, 0.25) is 0 Å². The number of alkyl halides is 3. The molecule has 1 N–H and O–H groups in total. The van der Waals surface area contributed by atoms with Gasteiger partial charge < -0.3 is 5.32 Å². The average molecular weight is 315 g/mol. The fraction of sp³-hybridized carbons (Fsp3) is 0.429. The van der Waals surface area contributed by atoms with Gasteiger partial charge in [0.2, 0.25) is 0 Å². The average Bonchev–Trinajstić information content (AvgIpc) is 2.86. The van der Waals surface area contributed by atoms with Crippen LogP contribution < -0.4 is 5.32 Å². The lowest BCUT2D eigenvalue weighted by atomic mass is 10.2. The molecule has 7 heteroatoms. The normalized spacial score (nSPS) is 13.3. The van der Waals surface area contributed by atoms with Crippen molar-refractivity contribution in [3.05, 3.63) is 35.6 Å². The highest BCUT2D eigenvalue weighted by atomic mass is 32.1. The SMILES string of the molecule is CC(CC(F)(F)F)NCCc1csc(-c2cccnc2)n1. The first-order valence-electron chi connectivity index (χ1n) is 6.59. The summed E-state index contributed by atoms with van der Waals surface area (Å²) in [7, 11) is 0. The van der Waals surface area contributed by atoms with Crippen LogP contribution >= 0.6 is 11.3 Å². The zero-order valence-corrected chi connectivity index (χ0v) is 12.3. The number of nitrogens with one attached hydrogen (secondary N) is 1. The quantitative estimate of drug-likeness (QED) is 0.883. The lowest BCUT2D eigenvalue weighted by Crippen LogP contribution is -2.32. The van der Waals surface area contributed by atoms with Crippen LogP contribution in [0.25, 0.3) is 10.6 Å². The summed E-state index contributed by atoms with van der Waals surface area (Å²) in [6.07, 6.45) is -0.888. The molecule has 0 saturated heterocycles. The molecule has 0 aliphatic heterocycles. The predicted octanol–water partition coefficient (Wildman–Crippen LogP) is 3.68. The number of hydrogen-bond donors (Lipinski definition) is 1. The van der Waals surface area contributed by atoms with Gasteiger partial charge >= 0.3 is 6.18 Å². The van der Waals surface area contributed by atoms with E-state index in [2.05, 4.69) is 15.3 Å². The van der Waals surface area contributed by atoms with Crippen molar-refractivity contribution < 1.29 is 13.2 Å². The van der Waals surface area contributed by atoms with E-state index >= 15 is 0 Å². The lowest BCUT2D eigenvalue weighted by Gasteiger charge is -2.15. The van der Waals surface area contributed by atoms with E-state index in [4.69, 9.17) is 0 Å². The van der Waals surface area contributed by atoms with Crippen LogP contribution in [0.15, 0.2) is 29.9 Å². The summed E-state index contributed by atoms with van der Waals surface area (Å²) in [6, 6.07) is 3.19. The van der Waals surface area contributed by atoms with E-state index in [0.717, 1.165) is 16.3 Å². The third kappa shape index (κ3) is 5.43. The minimum Gasteiger partial charge on any atom is -0.314 e. The smallest absolute Gasteiger partial charge is 0.314 e. The van der Waals surface area contributed by atoms with Gasteiger partial charge in [0.25, 0.3) is 0 Å². The molecule has 2 aromatic heterocycles. The van der Waals surface area contributed by atoms with Crippen LogP contribution in [0, 0.1) is 0 Å². The molecule has 3 nitrogen and oxygen atoms in total. The fourth-order valence-corrected chi connectivity index (χ4v) is 2.75. The van der Waals surface area contributed by atoms with Gasteiger partial charge in [0, 0.05) is 42.3 Å². The van der Waals surface area contributed by atoms with Crippen molar-refractivity contribution in [1.82, 2.24) is 15.3 Å². The molecule has 0 radical (unpaired) electrons. The Balaban J connectivity index is 1.81. The molecular weight excluding hydrogens is 299 g/mol. The summed E-state index contributed by atoms with van der Waals surface area (Å²) in [5.41, 5.74) is 1.83. The van der Waals surface area contributed by atoms with Gasteiger partial charge in [-0.2, -0.15) is 13.2 Å². The van der Waals surface area contributed by atoms with E-state index in [-0.39, 0.29) is 0 Å². The number of pyridine rings is 1. The highest BCUT2D eigenvalue weighted by Gasteiger charge is 2.29. The maximum absolute atomic E-state index is 12.2. The standard InChI is InChI=1S/C14H16F3N3S/c1-10(7-14(15,16)17)19-6-4-12-9-21-13(20-12)11-3-2-5-18-8-11/h2-3,5,8-10,19H,4,6-7H2,1H3. The summed E-state index contributed by atoms with van der Waals surface area (Å²) >= 11 is 1.51. The monoisotopic (exact) mass is 315 g/mol. The zero-order chi connectivity index (χ0) is 15.3. The van der Waals surface area contributed by atoms with Crippen molar-refractivity contribution >= 4 is 11.3 Å². The molecule has 21 heavy (non-hydrogen) atoms. The van der Waals surface area contributed by atoms with Gasteiger partial charge in [0.05, 0.1) is 12.1 Å². The van der Waals surface area contributed by atoms with Crippen LogP contribution in [0.3, 0.4) is 0 Å². The van der Waals surface area contributed by atoms with Crippen LogP contribution in [0.4, 0.5) is 13.2 Å². The van der Waals surface area contributed by atoms with E-state index in [1.54, 1.807) is 12.4 Å². The minimum absolute atomic E-state index is 0.480. The summed E-state index contributed by atoms with van der Waals surface area (Å²) in [5, 5.41) is 5.67. The van der Waals surface area contributed by atoms with Crippen LogP contribution in [-0.4, -0.2) is 28.7 Å². The second-order valence-electron chi connectivity index (χ2n) is 4.81. The molecule has 114 valence electrons. The Labute approximate surface area is 125 Å². The first-order valence-corrected chi connectivity index (χ1v) is 7.47. The second kappa shape index (κ2) is 7.00. The molecule has 2 aromatic rings. The summed E-state index contributed by atoms with van der Waals surface area (Å²) < 4.78 is 36.6. The minimum atomic E-state index is -4.12. The maximum Gasteiger partial charge on any atom is 0.390 e. The lowest BCUT2D eigenvalue weighted by molar-refractivity contribution is -0.138. The van der Waals surface area contributed by atoms with Gasteiger partial charge in [-0.3, -0.25) is 4.98 Å². The van der Waals surface area contributed by atoms with Gasteiger partial charge in [0.15, 0.2) is 0 Å².